The van der Waals surface area contributed by atoms with Gasteiger partial charge in [0.15, 0.2) is 5.96 Å². The Labute approximate surface area is 197 Å². The van der Waals surface area contributed by atoms with E-state index in [9.17, 15) is 29.1 Å². The van der Waals surface area contributed by atoms with Crippen molar-refractivity contribution < 1.29 is 29.1 Å². The van der Waals surface area contributed by atoms with Gasteiger partial charge in [0.25, 0.3) is 0 Å². The van der Waals surface area contributed by atoms with E-state index in [0.717, 1.165) is 6.42 Å². The molecule has 34 heavy (non-hydrogen) atoms. The number of hydrogen-bond donors (Lipinski definition) is 8. The van der Waals surface area contributed by atoms with Gasteiger partial charge in [-0.2, -0.15) is 0 Å². The Morgan fingerprint density at radius 3 is 2.18 bits per heavy atom. The topological polar surface area (TPSA) is 244 Å². The highest BCUT2D eigenvalue weighted by Gasteiger charge is 2.32. The van der Waals surface area contributed by atoms with Crippen molar-refractivity contribution in [2.75, 3.05) is 13.1 Å². The number of carbonyl (C=O) groups is 5. The third kappa shape index (κ3) is 10.0. The third-order valence-electron chi connectivity index (χ3n) is 5.22. The molecule has 0 bridgehead atoms. The number of hydrogen-bond acceptors (Lipinski definition) is 7. The Morgan fingerprint density at radius 2 is 1.68 bits per heavy atom. The number of nitrogens with zero attached hydrogens (tertiary/aromatic N) is 1. The van der Waals surface area contributed by atoms with E-state index in [1.54, 1.807) is 13.8 Å². The van der Waals surface area contributed by atoms with Crippen molar-refractivity contribution in [3.8, 4) is 0 Å². The van der Waals surface area contributed by atoms with Crippen LogP contribution in [0.1, 0.15) is 46.0 Å². The van der Waals surface area contributed by atoms with E-state index in [1.165, 1.54) is 0 Å². The lowest BCUT2D eigenvalue weighted by molar-refractivity contribution is -0.143. The van der Waals surface area contributed by atoms with Gasteiger partial charge >= 0.3 is 5.97 Å². The first-order chi connectivity index (χ1) is 15.9. The maximum Gasteiger partial charge on any atom is 0.326 e. The summed E-state index contributed by atoms with van der Waals surface area (Å²) in [5.74, 6) is -4.60. The summed E-state index contributed by atoms with van der Waals surface area (Å²) in [6, 6.07) is -4.15. The zero-order valence-corrected chi connectivity index (χ0v) is 19.5. The second-order valence-corrected chi connectivity index (χ2v) is 8.46. The van der Waals surface area contributed by atoms with Crippen LogP contribution in [0, 0.1) is 5.92 Å². The average molecular weight is 485 g/mol. The molecule has 11 N–H and O–H groups in total. The molecular weight excluding hydrogens is 448 g/mol. The molecule has 0 spiro atoms. The maximum absolute atomic E-state index is 12.9. The molecule has 0 saturated carbocycles. The minimum Gasteiger partial charge on any atom is -0.480 e. The summed E-state index contributed by atoms with van der Waals surface area (Å²) in [5, 5.41) is 19.8. The number of primary amides is 1. The fourth-order valence-electron chi connectivity index (χ4n) is 3.40. The van der Waals surface area contributed by atoms with E-state index >= 15 is 0 Å². The smallest absolute Gasteiger partial charge is 0.326 e. The van der Waals surface area contributed by atoms with E-state index in [0.29, 0.717) is 13.0 Å². The van der Waals surface area contributed by atoms with E-state index in [4.69, 9.17) is 17.2 Å². The fourth-order valence-corrected chi connectivity index (χ4v) is 3.40. The number of aliphatic imine (C=N–C) groups is 1. The van der Waals surface area contributed by atoms with Crippen LogP contribution in [0.15, 0.2) is 4.99 Å². The average Bonchev–Trinajstić information content (AvgIpc) is 3.27. The number of carboxylic acid groups (broad SMARTS) is 1. The Morgan fingerprint density at radius 1 is 1.03 bits per heavy atom. The minimum absolute atomic E-state index is 0.0696. The summed E-state index contributed by atoms with van der Waals surface area (Å²) in [6.45, 7) is 4.08. The van der Waals surface area contributed by atoms with Crippen LogP contribution < -0.4 is 38.5 Å². The molecule has 14 heteroatoms. The Hall–Kier alpha value is -3.42. The second kappa shape index (κ2) is 14.0. The monoisotopic (exact) mass is 484 g/mol. The van der Waals surface area contributed by atoms with Crippen molar-refractivity contribution >= 4 is 35.6 Å². The summed E-state index contributed by atoms with van der Waals surface area (Å²) >= 11 is 0. The second-order valence-electron chi connectivity index (χ2n) is 8.46. The molecule has 4 amide bonds. The van der Waals surface area contributed by atoms with Gasteiger partial charge in [0, 0.05) is 6.54 Å². The van der Waals surface area contributed by atoms with E-state index in [1.807, 2.05) is 0 Å². The van der Waals surface area contributed by atoms with Crippen molar-refractivity contribution in [2.45, 2.75) is 70.1 Å². The number of nitrogens with two attached hydrogens (primary N) is 3. The highest BCUT2D eigenvalue weighted by Crippen LogP contribution is 2.08. The van der Waals surface area contributed by atoms with Gasteiger partial charge in [-0.3, -0.25) is 24.2 Å². The zero-order chi connectivity index (χ0) is 25.8. The molecular formula is C20H36N8O6. The number of rotatable bonds is 14. The first-order valence-electron chi connectivity index (χ1n) is 11.1. The summed E-state index contributed by atoms with van der Waals surface area (Å²) < 4.78 is 0. The van der Waals surface area contributed by atoms with Gasteiger partial charge < -0.3 is 43.6 Å². The molecule has 0 aromatic rings. The molecule has 0 aliphatic carbocycles. The predicted molar refractivity (Wildman–Crippen MR) is 123 cm³/mol. The summed E-state index contributed by atoms with van der Waals surface area (Å²) in [7, 11) is 0. The lowest BCUT2D eigenvalue weighted by Gasteiger charge is -2.25. The normalized spacial score (nSPS) is 17.8. The van der Waals surface area contributed by atoms with Crippen LogP contribution in [0.2, 0.25) is 0 Å². The molecule has 0 aromatic carbocycles. The zero-order valence-electron chi connectivity index (χ0n) is 19.5. The Kier molecular flexibility index (Phi) is 11.8. The van der Waals surface area contributed by atoms with Gasteiger partial charge in [-0.1, -0.05) is 13.8 Å². The third-order valence-corrected chi connectivity index (χ3v) is 5.22. The quantitative estimate of drug-likeness (QED) is 0.0704. The van der Waals surface area contributed by atoms with Crippen LogP contribution in [0.25, 0.3) is 0 Å². The van der Waals surface area contributed by atoms with Crippen LogP contribution in [0.4, 0.5) is 0 Å². The minimum atomic E-state index is -1.30. The molecule has 1 fully saturated rings. The molecule has 1 heterocycles. The predicted octanol–water partition coefficient (Wildman–Crippen LogP) is -3.14. The number of guanidine groups is 1. The standard InChI is InChI=1S/C20H36N8O6/c1-10(2)15(19(33)34)28-17(31)12(6-4-8-25-20(22)23)26-18(32)13(9-14(21)29)27-16(30)11-5-3-7-24-11/h10-13,15,24H,3-9H2,1-2H3,(H2,21,29)(H,26,32)(H,27,30)(H,28,31)(H,33,34)(H4,22,23,25). The first-order valence-corrected chi connectivity index (χ1v) is 11.1. The van der Waals surface area contributed by atoms with Crippen molar-refractivity contribution in [1.29, 1.82) is 0 Å². The summed E-state index contributed by atoms with van der Waals surface area (Å²) in [5.41, 5.74) is 15.8. The van der Waals surface area contributed by atoms with Gasteiger partial charge in [-0.25, -0.2) is 4.79 Å². The maximum atomic E-state index is 12.9. The van der Waals surface area contributed by atoms with Gasteiger partial charge in [-0.15, -0.1) is 0 Å². The van der Waals surface area contributed by atoms with Crippen LogP contribution in [-0.2, 0) is 24.0 Å². The number of carbonyl (C=O) groups excluding carboxylic acids is 4. The molecule has 4 atom stereocenters. The SMILES string of the molecule is CC(C)C(NC(=O)C(CCCN=C(N)N)NC(=O)C(CC(N)=O)NC(=O)C1CCCN1)C(=O)O. The van der Waals surface area contributed by atoms with Gasteiger partial charge in [0.1, 0.15) is 18.1 Å². The van der Waals surface area contributed by atoms with E-state index in [2.05, 4.69) is 26.3 Å². The molecule has 192 valence electrons. The summed E-state index contributed by atoms with van der Waals surface area (Å²) in [6.07, 6.45) is 1.26. The number of aliphatic carboxylic acids is 1. The van der Waals surface area contributed by atoms with Crippen molar-refractivity contribution in [1.82, 2.24) is 21.3 Å². The fraction of sp³-hybridized carbons (Fsp3) is 0.700. The molecule has 1 aliphatic heterocycles. The van der Waals surface area contributed by atoms with E-state index < -0.39 is 66.1 Å². The highest BCUT2D eigenvalue weighted by atomic mass is 16.4. The van der Waals surface area contributed by atoms with Crippen LogP contribution in [-0.4, -0.2) is 77.9 Å². The van der Waals surface area contributed by atoms with Gasteiger partial charge in [0.2, 0.25) is 23.6 Å². The number of carboxylic acids is 1. The van der Waals surface area contributed by atoms with Crippen molar-refractivity contribution in [3.63, 3.8) is 0 Å². The highest BCUT2D eigenvalue weighted by molar-refractivity contribution is 5.96. The molecule has 4 unspecified atom stereocenters. The van der Waals surface area contributed by atoms with Crippen molar-refractivity contribution in [2.24, 2.45) is 28.1 Å². The molecule has 0 radical (unpaired) electrons. The van der Waals surface area contributed by atoms with Crippen molar-refractivity contribution in [3.05, 3.63) is 0 Å². The molecule has 0 aromatic heterocycles. The van der Waals surface area contributed by atoms with Crippen LogP contribution in [0.3, 0.4) is 0 Å². The number of nitrogens with one attached hydrogen (secondary N) is 4. The molecule has 1 rings (SSSR count). The van der Waals surface area contributed by atoms with Gasteiger partial charge in [0.05, 0.1) is 12.5 Å². The molecule has 14 nitrogen and oxygen atoms in total. The Bertz CT molecular complexity index is 777. The molecule has 1 saturated heterocycles. The largest absolute Gasteiger partial charge is 0.480 e. The molecule has 1 aliphatic rings. The number of amides is 4. The lowest BCUT2D eigenvalue weighted by Crippen LogP contribution is -2.58. The van der Waals surface area contributed by atoms with Crippen LogP contribution in [0.5, 0.6) is 0 Å². The van der Waals surface area contributed by atoms with E-state index in [-0.39, 0.29) is 25.3 Å². The van der Waals surface area contributed by atoms with Gasteiger partial charge in [-0.05, 0) is 38.1 Å². The Balaban J connectivity index is 2.97. The summed E-state index contributed by atoms with van der Waals surface area (Å²) in [4.78, 5) is 65.0. The van der Waals surface area contributed by atoms with Crippen LogP contribution >= 0.6 is 0 Å². The first kappa shape index (κ1) is 28.6. The lowest BCUT2D eigenvalue weighted by atomic mass is 10.0.